The van der Waals surface area contributed by atoms with Crippen LogP contribution in [-0.2, 0) is 0 Å². The van der Waals surface area contributed by atoms with Crippen LogP contribution in [0.15, 0.2) is 48.5 Å². The van der Waals surface area contributed by atoms with Crippen LogP contribution in [0.1, 0.15) is 44.7 Å². The molecular weight excluding hydrogens is 254 g/mol. The van der Waals surface area contributed by atoms with Gasteiger partial charge in [-0.1, -0.05) is 49.4 Å². The number of primary amides is 1. The highest BCUT2D eigenvalue weighted by Crippen LogP contribution is 2.28. The number of carbonyl (C=O) groups excluding carboxylic acids is 1. The van der Waals surface area contributed by atoms with E-state index in [-0.39, 0.29) is 17.0 Å². The minimum absolute atomic E-state index is 0.0576. The van der Waals surface area contributed by atoms with Crippen LogP contribution in [0, 0.1) is 0 Å². The molecule has 0 aliphatic carbocycles. The molecule has 1 amide bonds. The third-order valence-electron chi connectivity index (χ3n) is 3.34. The molecule has 0 spiro atoms. The van der Waals surface area contributed by atoms with E-state index in [9.17, 15) is 14.7 Å². The maximum Gasteiger partial charge on any atom is 0.336 e. The predicted molar refractivity (Wildman–Crippen MR) is 75.9 cm³/mol. The number of aromatic carboxylic acids is 1. The van der Waals surface area contributed by atoms with Crippen molar-refractivity contribution in [3.63, 3.8) is 0 Å². The average molecular weight is 269 g/mol. The number of carbonyl (C=O) groups is 2. The van der Waals surface area contributed by atoms with Crippen molar-refractivity contribution in [3.05, 3.63) is 70.8 Å². The molecule has 1 atom stereocenters. The highest BCUT2D eigenvalue weighted by molar-refractivity contribution is 6.05. The van der Waals surface area contributed by atoms with Gasteiger partial charge in [0.15, 0.2) is 0 Å². The number of carboxylic acid groups (broad SMARTS) is 1. The molecule has 20 heavy (non-hydrogen) atoms. The van der Waals surface area contributed by atoms with Crippen molar-refractivity contribution in [2.75, 3.05) is 0 Å². The lowest BCUT2D eigenvalue weighted by Crippen LogP contribution is -2.20. The molecule has 4 nitrogen and oxygen atoms in total. The van der Waals surface area contributed by atoms with Gasteiger partial charge in [0, 0.05) is 5.92 Å². The molecule has 0 saturated carbocycles. The number of benzene rings is 2. The van der Waals surface area contributed by atoms with Crippen LogP contribution in [0.25, 0.3) is 0 Å². The molecule has 102 valence electrons. The quantitative estimate of drug-likeness (QED) is 0.895. The zero-order valence-corrected chi connectivity index (χ0v) is 11.0. The van der Waals surface area contributed by atoms with Gasteiger partial charge < -0.3 is 10.8 Å². The van der Waals surface area contributed by atoms with Crippen molar-refractivity contribution in [2.45, 2.75) is 12.8 Å². The summed E-state index contributed by atoms with van der Waals surface area (Å²) in [6, 6.07) is 14.3. The maximum atomic E-state index is 11.6. The van der Waals surface area contributed by atoms with Crippen LogP contribution < -0.4 is 5.73 Å². The minimum Gasteiger partial charge on any atom is -0.478 e. The first-order chi connectivity index (χ1) is 9.52. The van der Waals surface area contributed by atoms with Crippen molar-refractivity contribution in [2.24, 2.45) is 5.73 Å². The molecule has 0 aromatic heterocycles. The van der Waals surface area contributed by atoms with Crippen LogP contribution in [0.4, 0.5) is 0 Å². The van der Waals surface area contributed by atoms with Gasteiger partial charge in [-0.15, -0.1) is 0 Å². The number of amides is 1. The predicted octanol–water partition coefficient (Wildman–Crippen LogP) is 2.64. The van der Waals surface area contributed by atoms with Crippen LogP contribution in [0.3, 0.4) is 0 Å². The summed E-state index contributed by atoms with van der Waals surface area (Å²) >= 11 is 0. The summed E-state index contributed by atoms with van der Waals surface area (Å²) in [7, 11) is 0. The van der Waals surface area contributed by atoms with E-state index < -0.39 is 11.9 Å². The second-order valence-electron chi connectivity index (χ2n) is 4.57. The maximum absolute atomic E-state index is 11.6. The van der Waals surface area contributed by atoms with Crippen molar-refractivity contribution in [1.82, 2.24) is 0 Å². The topological polar surface area (TPSA) is 80.4 Å². The number of hydrogen-bond acceptors (Lipinski definition) is 2. The third-order valence-corrected chi connectivity index (χ3v) is 3.34. The van der Waals surface area contributed by atoms with Crippen molar-refractivity contribution in [3.8, 4) is 0 Å². The molecule has 0 bridgehead atoms. The summed E-state index contributed by atoms with van der Waals surface area (Å²) in [4.78, 5) is 22.9. The molecule has 4 heteroatoms. The Labute approximate surface area is 116 Å². The fraction of sp³-hybridized carbons (Fsp3) is 0.125. The molecule has 0 saturated heterocycles. The first-order valence-electron chi connectivity index (χ1n) is 6.23. The number of nitrogens with two attached hydrogens (primary N) is 1. The van der Waals surface area contributed by atoms with Gasteiger partial charge in [0.2, 0.25) is 5.91 Å². The van der Waals surface area contributed by atoms with Gasteiger partial charge in [0.1, 0.15) is 0 Å². The smallest absolute Gasteiger partial charge is 0.336 e. The average Bonchev–Trinajstić information content (AvgIpc) is 2.46. The summed E-state index contributed by atoms with van der Waals surface area (Å²) in [6.45, 7) is 1.92. The van der Waals surface area contributed by atoms with Gasteiger partial charge in [-0.25, -0.2) is 4.79 Å². The van der Waals surface area contributed by atoms with E-state index in [0.29, 0.717) is 5.56 Å². The van der Waals surface area contributed by atoms with E-state index >= 15 is 0 Å². The lowest BCUT2D eigenvalue weighted by molar-refractivity contribution is 0.0692. The fourth-order valence-corrected chi connectivity index (χ4v) is 2.31. The lowest BCUT2D eigenvalue weighted by Gasteiger charge is -2.17. The Morgan fingerprint density at radius 2 is 1.70 bits per heavy atom. The third kappa shape index (κ3) is 2.54. The Balaban J connectivity index is 2.60. The largest absolute Gasteiger partial charge is 0.478 e. The second kappa shape index (κ2) is 5.57. The van der Waals surface area contributed by atoms with E-state index in [1.807, 2.05) is 37.3 Å². The Kier molecular flexibility index (Phi) is 3.84. The Morgan fingerprint density at radius 1 is 1.05 bits per heavy atom. The van der Waals surface area contributed by atoms with Crippen LogP contribution in [0.2, 0.25) is 0 Å². The van der Waals surface area contributed by atoms with Crippen molar-refractivity contribution in [1.29, 1.82) is 0 Å². The Hall–Kier alpha value is -2.62. The Morgan fingerprint density at radius 3 is 2.25 bits per heavy atom. The van der Waals surface area contributed by atoms with Gasteiger partial charge in [-0.2, -0.15) is 0 Å². The monoisotopic (exact) mass is 269 g/mol. The zero-order valence-electron chi connectivity index (χ0n) is 11.0. The van der Waals surface area contributed by atoms with Crippen molar-refractivity contribution < 1.29 is 14.7 Å². The number of rotatable bonds is 4. The standard InChI is InChI=1S/C16H15NO3/c1-10(11-6-3-2-4-7-11)12-8-5-9-13(16(19)20)14(12)15(17)18/h2-10H,1H3,(H2,17,18)(H,19,20)/t10-/m1/s1. The van der Waals surface area contributed by atoms with Crippen LogP contribution >= 0.6 is 0 Å². The first-order valence-corrected chi connectivity index (χ1v) is 6.23. The number of hydrogen-bond donors (Lipinski definition) is 2. The molecular formula is C16H15NO3. The first kappa shape index (κ1) is 13.8. The summed E-state index contributed by atoms with van der Waals surface area (Å²) < 4.78 is 0. The van der Waals surface area contributed by atoms with Gasteiger partial charge >= 0.3 is 5.97 Å². The summed E-state index contributed by atoms with van der Waals surface area (Å²) in [5.74, 6) is -1.99. The molecule has 2 rings (SSSR count). The molecule has 0 heterocycles. The lowest BCUT2D eigenvalue weighted by atomic mass is 9.87. The summed E-state index contributed by atoms with van der Waals surface area (Å²) in [6.07, 6.45) is 0. The van der Waals surface area contributed by atoms with Gasteiger partial charge in [-0.3, -0.25) is 4.79 Å². The molecule has 3 N–H and O–H groups in total. The Bertz CT molecular complexity index is 650. The molecule has 2 aromatic carbocycles. The highest BCUT2D eigenvalue weighted by Gasteiger charge is 2.22. The van der Waals surface area contributed by atoms with E-state index in [1.54, 1.807) is 12.1 Å². The SMILES string of the molecule is C[C@H](c1ccccc1)c1cccc(C(=O)O)c1C(N)=O. The minimum atomic E-state index is -1.15. The summed E-state index contributed by atoms with van der Waals surface area (Å²) in [5.41, 5.74) is 7.02. The van der Waals surface area contributed by atoms with E-state index in [2.05, 4.69) is 0 Å². The van der Waals surface area contributed by atoms with E-state index in [1.165, 1.54) is 6.07 Å². The van der Waals surface area contributed by atoms with Gasteiger partial charge in [-0.05, 0) is 17.2 Å². The molecule has 2 aromatic rings. The zero-order chi connectivity index (χ0) is 14.7. The molecule has 0 radical (unpaired) electrons. The molecule has 0 aliphatic heterocycles. The molecule has 0 fully saturated rings. The summed E-state index contributed by atoms with van der Waals surface area (Å²) in [5, 5.41) is 9.18. The van der Waals surface area contributed by atoms with Crippen LogP contribution in [-0.4, -0.2) is 17.0 Å². The van der Waals surface area contributed by atoms with Crippen LogP contribution in [0.5, 0.6) is 0 Å². The van der Waals surface area contributed by atoms with Crippen molar-refractivity contribution >= 4 is 11.9 Å². The molecule has 0 aliphatic rings. The fourth-order valence-electron chi connectivity index (χ4n) is 2.31. The normalized spacial score (nSPS) is 11.8. The van der Waals surface area contributed by atoms with Gasteiger partial charge in [0.05, 0.1) is 11.1 Å². The van der Waals surface area contributed by atoms with Gasteiger partial charge in [0.25, 0.3) is 0 Å². The molecule has 0 unspecified atom stereocenters. The van der Waals surface area contributed by atoms with E-state index in [0.717, 1.165) is 5.56 Å². The number of carboxylic acids is 1. The highest BCUT2D eigenvalue weighted by atomic mass is 16.4. The second-order valence-corrected chi connectivity index (χ2v) is 4.57. The van der Waals surface area contributed by atoms with E-state index in [4.69, 9.17) is 5.73 Å².